The summed E-state index contributed by atoms with van der Waals surface area (Å²) in [5.41, 5.74) is 0.460. The number of esters is 2. The van der Waals surface area contributed by atoms with Crippen LogP contribution in [0, 0.1) is 0 Å². The highest BCUT2D eigenvalue weighted by Crippen LogP contribution is 2.23. The Bertz CT molecular complexity index is 711. The predicted octanol–water partition coefficient (Wildman–Crippen LogP) is 3.24. The monoisotopic (exact) mass is 428 g/mol. The summed E-state index contributed by atoms with van der Waals surface area (Å²) in [5, 5.41) is 0. The second-order valence-corrected chi connectivity index (χ2v) is 9.99. The zero-order valence-corrected chi connectivity index (χ0v) is 18.0. The molecule has 0 atom stereocenters. The molecule has 0 radical (unpaired) electrons. The number of cyclic esters (lactones) is 2. The van der Waals surface area contributed by atoms with Crippen molar-refractivity contribution in [3.8, 4) is 0 Å². The van der Waals surface area contributed by atoms with Crippen LogP contribution in [-0.4, -0.2) is 53.8 Å². The molecule has 154 valence electrons. The quantitative estimate of drug-likeness (QED) is 0.163. The third-order valence-corrected chi connectivity index (χ3v) is 7.97. The van der Waals surface area contributed by atoms with E-state index < -0.39 is 26.7 Å². The van der Waals surface area contributed by atoms with Crippen LogP contribution >= 0.6 is 12.0 Å². The van der Waals surface area contributed by atoms with E-state index >= 15 is 0 Å². The molecular weight excluding hydrogens is 404 g/mol. The lowest BCUT2D eigenvalue weighted by atomic mass is 10.1. The minimum Gasteiger partial charge on any atom is -0.388 e. The highest BCUT2D eigenvalue weighted by atomic mass is 32.2. The normalized spacial score (nSPS) is 13.4. The van der Waals surface area contributed by atoms with Gasteiger partial charge in [0.25, 0.3) is 0 Å². The number of ether oxygens (including phenoxy) is 1. The standard InChI is InChI=1S/C18H24O8SSi/c1-22-28(23-2,24-3)11-7-5-4-6-10-27-26-16(19)13-8-9-14-15(12-13)18(21)25-17(14)20/h8-9,12H,4-7,10-11H2,1-3H3. The molecule has 1 aromatic carbocycles. The molecule has 1 aromatic rings. The SMILES string of the molecule is CO[Si](CCCCCCSOC(=O)c1ccc2c(c1)C(=O)OC2=O)(OC)OC. The maximum Gasteiger partial charge on any atom is 0.500 e. The van der Waals surface area contributed by atoms with E-state index in [-0.39, 0.29) is 16.7 Å². The number of hydrogen-bond acceptors (Lipinski definition) is 9. The second-order valence-electron chi connectivity index (χ2n) is 6.09. The Kier molecular flexibility index (Phi) is 8.64. The Morgan fingerprint density at radius 2 is 1.61 bits per heavy atom. The first kappa shape index (κ1) is 22.6. The van der Waals surface area contributed by atoms with E-state index in [2.05, 4.69) is 4.74 Å². The molecule has 0 saturated carbocycles. The number of benzene rings is 1. The summed E-state index contributed by atoms with van der Waals surface area (Å²) in [6.07, 6.45) is 3.82. The van der Waals surface area contributed by atoms with E-state index in [4.69, 9.17) is 17.5 Å². The van der Waals surface area contributed by atoms with Crippen molar-refractivity contribution in [1.82, 2.24) is 0 Å². The molecule has 1 aliphatic rings. The molecule has 0 bridgehead atoms. The van der Waals surface area contributed by atoms with Crippen molar-refractivity contribution in [3.05, 3.63) is 34.9 Å². The summed E-state index contributed by atoms with van der Waals surface area (Å²) in [7, 11) is 2.32. The molecule has 10 heteroatoms. The van der Waals surface area contributed by atoms with E-state index in [9.17, 15) is 14.4 Å². The average Bonchev–Trinajstić information content (AvgIpc) is 3.00. The lowest BCUT2D eigenvalue weighted by Gasteiger charge is -2.24. The minimum atomic E-state index is -2.49. The molecular formula is C18H24O8SSi. The molecule has 2 rings (SSSR count). The molecule has 0 amide bonds. The molecule has 0 fully saturated rings. The van der Waals surface area contributed by atoms with Gasteiger partial charge in [0.15, 0.2) is 0 Å². The number of rotatable bonds is 12. The van der Waals surface area contributed by atoms with Crippen LogP contribution in [-0.2, 0) is 22.2 Å². The Morgan fingerprint density at radius 3 is 2.29 bits per heavy atom. The summed E-state index contributed by atoms with van der Waals surface area (Å²) in [5.74, 6) is -1.34. The highest BCUT2D eigenvalue weighted by molar-refractivity contribution is 7.95. The van der Waals surface area contributed by atoms with Gasteiger partial charge in [-0.3, -0.25) is 0 Å². The van der Waals surface area contributed by atoms with Crippen molar-refractivity contribution in [1.29, 1.82) is 0 Å². The first-order valence-electron chi connectivity index (χ1n) is 8.86. The number of carbonyl (C=O) groups is 3. The van der Waals surface area contributed by atoms with Gasteiger partial charge >= 0.3 is 26.7 Å². The van der Waals surface area contributed by atoms with Crippen molar-refractivity contribution >= 4 is 38.8 Å². The van der Waals surface area contributed by atoms with Gasteiger partial charge in [0.2, 0.25) is 0 Å². The van der Waals surface area contributed by atoms with Gasteiger partial charge in [0.1, 0.15) is 0 Å². The summed E-state index contributed by atoms with van der Waals surface area (Å²) in [6, 6.07) is 4.93. The summed E-state index contributed by atoms with van der Waals surface area (Å²) < 4.78 is 25.8. The van der Waals surface area contributed by atoms with E-state index in [1.165, 1.54) is 18.2 Å². The molecule has 0 spiro atoms. The minimum absolute atomic E-state index is 0.0900. The molecule has 1 aliphatic heterocycles. The smallest absolute Gasteiger partial charge is 0.388 e. The number of hydrogen-bond donors (Lipinski definition) is 0. The summed E-state index contributed by atoms with van der Waals surface area (Å²) in [4.78, 5) is 35.0. The van der Waals surface area contributed by atoms with Gasteiger partial charge in [-0.1, -0.05) is 12.8 Å². The van der Waals surface area contributed by atoms with Crippen molar-refractivity contribution in [3.63, 3.8) is 0 Å². The number of fused-ring (bicyclic) bond motifs is 1. The third kappa shape index (κ3) is 5.64. The third-order valence-electron chi connectivity index (χ3n) is 4.41. The van der Waals surface area contributed by atoms with E-state index in [0.29, 0.717) is 5.75 Å². The molecule has 0 saturated heterocycles. The van der Waals surface area contributed by atoms with Crippen LogP contribution in [0.4, 0.5) is 0 Å². The zero-order chi connectivity index (χ0) is 20.6. The van der Waals surface area contributed by atoms with E-state index in [0.717, 1.165) is 43.8 Å². The maximum absolute atomic E-state index is 12.1. The van der Waals surface area contributed by atoms with Gasteiger partial charge in [0, 0.05) is 33.1 Å². The summed E-state index contributed by atoms with van der Waals surface area (Å²) in [6.45, 7) is 0. The number of carbonyl (C=O) groups excluding carboxylic acids is 3. The van der Waals surface area contributed by atoms with Crippen molar-refractivity contribution in [2.45, 2.75) is 31.7 Å². The van der Waals surface area contributed by atoms with Crippen LogP contribution in [0.15, 0.2) is 18.2 Å². The van der Waals surface area contributed by atoms with Crippen LogP contribution in [0.25, 0.3) is 0 Å². The van der Waals surface area contributed by atoms with Gasteiger partial charge in [-0.05, 0) is 31.0 Å². The van der Waals surface area contributed by atoms with Crippen LogP contribution in [0.3, 0.4) is 0 Å². The lowest BCUT2D eigenvalue weighted by molar-refractivity contribution is 0.0443. The fourth-order valence-electron chi connectivity index (χ4n) is 2.77. The molecule has 0 unspecified atom stereocenters. The first-order valence-corrected chi connectivity index (χ1v) is 11.7. The molecule has 0 N–H and O–H groups in total. The van der Waals surface area contributed by atoms with Crippen LogP contribution in [0.5, 0.6) is 0 Å². The first-order chi connectivity index (χ1) is 13.5. The Morgan fingerprint density at radius 1 is 0.964 bits per heavy atom. The molecule has 8 nitrogen and oxygen atoms in total. The highest BCUT2D eigenvalue weighted by Gasteiger charge is 2.36. The molecule has 1 heterocycles. The predicted molar refractivity (Wildman–Crippen MR) is 104 cm³/mol. The van der Waals surface area contributed by atoms with Crippen molar-refractivity contribution in [2.24, 2.45) is 0 Å². The van der Waals surface area contributed by atoms with E-state index in [1.54, 1.807) is 21.3 Å². The van der Waals surface area contributed by atoms with Gasteiger partial charge < -0.3 is 22.2 Å². The van der Waals surface area contributed by atoms with Gasteiger partial charge in [-0.25, -0.2) is 14.4 Å². The van der Waals surface area contributed by atoms with Gasteiger partial charge in [0.05, 0.1) is 28.7 Å². The fourth-order valence-corrected chi connectivity index (χ4v) is 5.17. The topological polar surface area (TPSA) is 97.4 Å². The Balaban J connectivity index is 1.64. The summed E-state index contributed by atoms with van der Waals surface area (Å²) >= 11 is 1.07. The second kappa shape index (κ2) is 10.7. The lowest BCUT2D eigenvalue weighted by Crippen LogP contribution is -2.42. The van der Waals surface area contributed by atoms with Gasteiger partial charge in [-0.2, -0.15) is 0 Å². The molecule has 28 heavy (non-hydrogen) atoms. The molecule has 0 aromatic heterocycles. The number of unbranched alkanes of at least 4 members (excludes halogenated alkanes) is 3. The largest absolute Gasteiger partial charge is 0.500 e. The Labute approximate surface area is 169 Å². The van der Waals surface area contributed by atoms with Crippen LogP contribution < -0.4 is 0 Å². The Hall–Kier alpha value is -1.72. The molecule has 0 aliphatic carbocycles. The van der Waals surface area contributed by atoms with E-state index in [1.807, 2.05) is 0 Å². The van der Waals surface area contributed by atoms with Gasteiger partial charge in [-0.15, -0.1) is 0 Å². The van der Waals surface area contributed by atoms with Crippen LogP contribution in [0.2, 0.25) is 6.04 Å². The van der Waals surface area contributed by atoms with Crippen molar-refractivity contribution < 1.29 is 36.6 Å². The van der Waals surface area contributed by atoms with Crippen LogP contribution in [0.1, 0.15) is 56.8 Å². The maximum atomic E-state index is 12.1. The van der Waals surface area contributed by atoms with Crippen molar-refractivity contribution in [2.75, 3.05) is 27.1 Å². The average molecular weight is 429 g/mol. The zero-order valence-electron chi connectivity index (χ0n) is 16.1. The fraction of sp³-hybridized carbons (Fsp3) is 0.500.